The summed E-state index contributed by atoms with van der Waals surface area (Å²) in [6.07, 6.45) is 0.932. The first-order valence-electron chi connectivity index (χ1n) is 6.04. The van der Waals surface area contributed by atoms with E-state index in [0.717, 1.165) is 13.0 Å². The fraction of sp³-hybridized carbons (Fsp3) is 0.500. The van der Waals surface area contributed by atoms with E-state index in [2.05, 4.69) is 26.0 Å². The zero-order valence-corrected chi connectivity index (χ0v) is 13.3. The summed E-state index contributed by atoms with van der Waals surface area (Å²) in [5, 5.41) is 2.39. The van der Waals surface area contributed by atoms with Gasteiger partial charge in [0.25, 0.3) is 0 Å². The lowest BCUT2D eigenvalue weighted by Gasteiger charge is -2.15. The first-order valence-corrected chi connectivity index (χ1v) is 8.38. The molecule has 4 nitrogen and oxygen atoms in total. The molecule has 0 aliphatic heterocycles. The summed E-state index contributed by atoms with van der Waals surface area (Å²) < 4.78 is 40.4. The van der Waals surface area contributed by atoms with Crippen LogP contribution < -0.4 is 10.0 Å². The minimum atomic E-state index is -3.60. The minimum Gasteiger partial charge on any atom is -0.315 e. The first kappa shape index (κ1) is 16.4. The van der Waals surface area contributed by atoms with Crippen LogP contribution in [-0.2, 0) is 10.0 Å². The third-order valence-corrected chi connectivity index (χ3v) is 4.80. The SMILES string of the molecule is CCCNCC(C)S(=O)(=O)Nc1ccc(Br)cc1F. The van der Waals surface area contributed by atoms with Gasteiger partial charge in [-0.3, -0.25) is 4.72 Å². The van der Waals surface area contributed by atoms with E-state index in [9.17, 15) is 12.8 Å². The molecule has 0 aliphatic carbocycles. The van der Waals surface area contributed by atoms with Gasteiger partial charge in [0.05, 0.1) is 10.9 Å². The topological polar surface area (TPSA) is 58.2 Å². The van der Waals surface area contributed by atoms with Crippen LogP contribution in [0.4, 0.5) is 10.1 Å². The number of rotatable bonds is 7. The van der Waals surface area contributed by atoms with E-state index in [-0.39, 0.29) is 5.69 Å². The Labute approximate surface area is 122 Å². The fourth-order valence-electron chi connectivity index (χ4n) is 1.42. The van der Waals surface area contributed by atoms with E-state index in [1.54, 1.807) is 13.0 Å². The summed E-state index contributed by atoms with van der Waals surface area (Å²) in [6, 6.07) is 4.20. The van der Waals surface area contributed by atoms with Gasteiger partial charge in [-0.25, -0.2) is 12.8 Å². The molecule has 0 amide bonds. The molecule has 7 heteroatoms. The van der Waals surface area contributed by atoms with Gasteiger partial charge in [0.1, 0.15) is 5.82 Å². The van der Waals surface area contributed by atoms with Crippen molar-refractivity contribution in [2.45, 2.75) is 25.5 Å². The van der Waals surface area contributed by atoms with E-state index < -0.39 is 21.1 Å². The molecule has 0 saturated heterocycles. The van der Waals surface area contributed by atoms with Gasteiger partial charge in [0.2, 0.25) is 10.0 Å². The lowest BCUT2D eigenvalue weighted by molar-refractivity contribution is 0.574. The van der Waals surface area contributed by atoms with Crippen molar-refractivity contribution in [2.24, 2.45) is 0 Å². The molecule has 1 atom stereocenters. The van der Waals surface area contributed by atoms with Crippen LogP contribution in [0.25, 0.3) is 0 Å². The van der Waals surface area contributed by atoms with Crippen molar-refractivity contribution in [3.8, 4) is 0 Å². The van der Waals surface area contributed by atoms with Gasteiger partial charge in [-0.1, -0.05) is 22.9 Å². The van der Waals surface area contributed by atoms with Crippen LogP contribution >= 0.6 is 15.9 Å². The Morgan fingerprint density at radius 3 is 2.68 bits per heavy atom. The van der Waals surface area contributed by atoms with E-state index in [4.69, 9.17) is 0 Å². The second-order valence-corrected chi connectivity index (χ2v) is 7.30. The highest BCUT2D eigenvalue weighted by atomic mass is 79.9. The molecule has 1 rings (SSSR count). The van der Waals surface area contributed by atoms with Gasteiger partial charge in [0, 0.05) is 11.0 Å². The zero-order valence-electron chi connectivity index (χ0n) is 10.9. The van der Waals surface area contributed by atoms with Crippen molar-refractivity contribution in [3.63, 3.8) is 0 Å². The van der Waals surface area contributed by atoms with Gasteiger partial charge in [-0.15, -0.1) is 0 Å². The Balaban J connectivity index is 2.73. The quantitative estimate of drug-likeness (QED) is 0.741. The molecule has 0 radical (unpaired) electrons. The molecule has 2 N–H and O–H groups in total. The van der Waals surface area contributed by atoms with Crippen LogP contribution in [-0.4, -0.2) is 26.8 Å². The van der Waals surface area contributed by atoms with Crippen LogP contribution in [0.15, 0.2) is 22.7 Å². The van der Waals surface area contributed by atoms with Crippen molar-refractivity contribution >= 4 is 31.6 Å². The number of hydrogen-bond acceptors (Lipinski definition) is 3. The van der Waals surface area contributed by atoms with Gasteiger partial charge < -0.3 is 5.32 Å². The average molecular weight is 353 g/mol. The predicted octanol–water partition coefficient (Wildman–Crippen LogP) is 2.72. The number of nitrogens with one attached hydrogen (secondary N) is 2. The van der Waals surface area contributed by atoms with Crippen molar-refractivity contribution in [1.29, 1.82) is 0 Å². The monoisotopic (exact) mass is 352 g/mol. The van der Waals surface area contributed by atoms with Crippen LogP contribution in [0.1, 0.15) is 20.3 Å². The van der Waals surface area contributed by atoms with Crippen LogP contribution in [0.3, 0.4) is 0 Å². The second kappa shape index (κ2) is 7.21. The molecular weight excluding hydrogens is 335 g/mol. The van der Waals surface area contributed by atoms with E-state index in [0.29, 0.717) is 11.0 Å². The molecule has 0 spiro atoms. The molecule has 0 bridgehead atoms. The lowest BCUT2D eigenvalue weighted by Crippen LogP contribution is -2.35. The third kappa shape index (κ3) is 5.08. The summed E-state index contributed by atoms with van der Waals surface area (Å²) in [4.78, 5) is 0. The molecule has 1 unspecified atom stereocenters. The average Bonchev–Trinajstić information content (AvgIpc) is 2.33. The van der Waals surface area contributed by atoms with E-state index in [1.165, 1.54) is 12.1 Å². The summed E-state index contributed by atoms with van der Waals surface area (Å²) in [5.74, 6) is -0.605. The van der Waals surface area contributed by atoms with Gasteiger partial charge >= 0.3 is 0 Å². The standard InChI is InChI=1S/C12H18BrFN2O2S/c1-3-6-15-8-9(2)19(17,18)16-12-5-4-10(13)7-11(12)14/h4-5,7,9,15-16H,3,6,8H2,1-2H3. The van der Waals surface area contributed by atoms with Gasteiger partial charge in [-0.2, -0.15) is 0 Å². The predicted molar refractivity (Wildman–Crippen MR) is 79.3 cm³/mol. The summed E-state index contributed by atoms with van der Waals surface area (Å²) in [6.45, 7) is 4.68. The number of benzene rings is 1. The maximum absolute atomic E-state index is 13.6. The molecule has 108 valence electrons. The van der Waals surface area contributed by atoms with Crippen molar-refractivity contribution < 1.29 is 12.8 Å². The molecule has 19 heavy (non-hydrogen) atoms. The van der Waals surface area contributed by atoms with Crippen LogP contribution in [0, 0.1) is 5.82 Å². The lowest BCUT2D eigenvalue weighted by atomic mass is 10.3. The van der Waals surface area contributed by atoms with Crippen molar-refractivity contribution in [2.75, 3.05) is 17.8 Å². The van der Waals surface area contributed by atoms with Gasteiger partial charge in [-0.05, 0) is 38.1 Å². The Hall–Kier alpha value is -0.660. The Kier molecular flexibility index (Phi) is 6.22. The molecule has 0 saturated carbocycles. The number of hydrogen-bond donors (Lipinski definition) is 2. The Morgan fingerprint density at radius 1 is 1.42 bits per heavy atom. The zero-order chi connectivity index (χ0) is 14.5. The Bertz CT molecular complexity index is 522. The highest BCUT2D eigenvalue weighted by molar-refractivity contribution is 9.10. The maximum Gasteiger partial charge on any atom is 0.236 e. The molecule has 1 aromatic carbocycles. The summed E-state index contributed by atoms with van der Waals surface area (Å²) in [5.41, 5.74) is -0.0365. The van der Waals surface area contributed by atoms with Crippen molar-refractivity contribution in [1.82, 2.24) is 5.32 Å². The molecular formula is C12H18BrFN2O2S. The van der Waals surface area contributed by atoms with Crippen molar-refractivity contribution in [3.05, 3.63) is 28.5 Å². The summed E-state index contributed by atoms with van der Waals surface area (Å²) in [7, 11) is -3.60. The normalized spacial score (nSPS) is 13.3. The number of anilines is 1. The minimum absolute atomic E-state index is 0.0365. The highest BCUT2D eigenvalue weighted by Crippen LogP contribution is 2.21. The van der Waals surface area contributed by atoms with Crippen LogP contribution in [0.2, 0.25) is 0 Å². The Morgan fingerprint density at radius 2 is 2.11 bits per heavy atom. The largest absolute Gasteiger partial charge is 0.315 e. The van der Waals surface area contributed by atoms with E-state index in [1.807, 2.05) is 6.92 Å². The smallest absolute Gasteiger partial charge is 0.236 e. The van der Waals surface area contributed by atoms with Crippen LogP contribution in [0.5, 0.6) is 0 Å². The van der Waals surface area contributed by atoms with Gasteiger partial charge in [0.15, 0.2) is 0 Å². The first-order chi connectivity index (χ1) is 8.86. The molecule has 1 aromatic rings. The molecule has 0 fully saturated rings. The second-order valence-electron chi connectivity index (χ2n) is 4.29. The molecule has 0 aliphatic rings. The molecule has 0 heterocycles. The third-order valence-electron chi connectivity index (χ3n) is 2.57. The highest BCUT2D eigenvalue weighted by Gasteiger charge is 2.21. The number of halogens is 2. The van der Waals surface area contributed by atoms with E-state index >= 15 is 0 Å². The summed E-state index contributed by atoms with van der Waals surface area (Å²) >= 11 is 3.12. The number of sulfonamides is 1. The maximum atomic E-state index is 13.6. The molecule has 0 aromatic heterocycles. The fourth-order valence-corrected chi connectivity index (χ4v) is 2.76.